The lowest BCUT2D eigenvalue weighted by molar-refractivity contribution is -0.117. The molecule has 2 aromatic rings. The van der Waals surface area contributed by atoms with Gasteiger partial charge in [0.25, 0.3) is 0 Å². The van der Waals surface area contributed by atoms with E-state index in [9.17, 15) is 4.79 Å². The van der Waals surface area contributed by atoms with Crippen molar-refractivity contribution in [3.05, 3.63) is 48.0 Å². The molecule has 1 heterocycles. The van der Waals surface area contributed by atoms with Crippen molar-refractivity contribution in [1.29, 1.82) is 0 Å². The van der Waals surface area contributed by atoms with E-state index < -0.39 is 0 Å². The van der Waals surface area contributed by atoms with E-state index in [1.54, 1.807) is 6.20 Å². The molecular formula is C13H15N3O. The predicted octanol–water partition coefficient (Wildman–Crippen LogP) is 1.36. The van der Waals surface area contributed by atoms with Crippen molar-refractivity contribution in [1.82, 2.24) is 9.55 Å². The lowest BCUT2D eigenvalue weighted by Gasteiger charge is -2.03. The van der Waals surface area contributed by atoms with Gasteiger partial charge in [0.05, 0.1) is 6.42 Å². The van der Waals surface area contributed by atoms with Crippen molar-refractivity contribution in [2.24, 2.45) is 7.05 Å². The number of ketones is 1. The SMILES string of the molecule is Cn1ccnc1CC(=O)Cc1cccc(N)c1. The molecule has 0 unspecified atom stereocenters. The third-order valence-corrected chi connectivity index (χ3v) is 2.63. The molecule has 0 bridgehead atoms. The number of hydrogen-bond acceptors (Lipinski definition) is 3. The van der Waals surface area contributed by atoms with Gasteiger partial charge in [-0.2, -0.15) is 0 Å². The molecule has 2 rings (SSSR count). The molecule has 0 atom stereocenters. The first kappa shape index (κ1) is 11.4. The number of nitrogens with zero attached hydrogens (tertiary/aromatic N) is 2. The highest BCUT2D eigenvalue weighted by atomic mass is 16.1. The fourth-order valence-electron chi connectivity index (χ4n) is 1.74. The Labute approximate surface area is 100 Å². The second kappa shape index (κ2) is 4.82. The van der Waals surface area contributed by atoms with Crippen LogP contribution in [-0.2, 0) is 24.7 Å². The fourth-order valence-corrected chi connectivity index (χ4v) is 1.74. The molecule has 0 fully saturated rings. The minimum absolute atomic E-state index is 0.143. The normalized spacial score (nSPS) is 10.4. The molecule has 0 saturated heterocycles. The third-order valence-electron chi connectivity index (χ3n) is 2.63. The predicted molar refractivity (Wildman–Crippen MR) is 66.5 cm³/mol. The smallest absolute Gasteiger partial charge is 0.144 e. The first-order valence-electron chi connectivity index (χ1n) is 5.47. The van der Waals surface area contributed by atoms with E-state index in [0.717, 1.165) is 11.4 Å². The van der Waals surface area contributed by atoms with Crippen LogP contribution in [0.4, 0.5) is 5.69 Å². The molecule has 1 aromatic carbocycles. The molecule has 0 radical (unpaired) electrons. The largest absolute Gasteiger partial charge is 0.399 e. The van der Waals surface area contributed by atoms with Crippen molar-refractivity contribution >= 4 is 11.5 Å². The number of carbonyl (C=O) groups excluding carboxylic acids is 1. The molecule has 0 amide bonds. The number of nitrogen functional groups attached to an aromatic ring is 1. The van der Waals surface area contributed by atoms with Crippen LogP contribution in [0.5, 0.6) is 0 Å². The zero-order valence-electron chi connectivity index (χ0n) is 9.76. The van der Waals surface area contributed by atoms with Crippen LogP contribution in [0.3, 0.4) is 0 Å². The van der Waals surface area contributed by atoms with Crippen molar-refractivity contribution < 1.29 is 4.79 Å². The van der Waals surface area contributed by atoms with Crippen molar-refractivity contribution in [2.75, 3.05) is 5.73 Å². The number of benzene rings is 1. The van der Waals surface area contributed by atoms with E-state index >= 15 is 0 Å². The van der Waals surface area contributed by atoms with Crippen LogP contribution >= 0.6 is 0 Å². The monoisotopic (exact) mass is 229 g/mol. The first-order valence-corrected chi connectivity index (χ1v) is 5.47. The summed E-state index contributed by atoms with van der Waals surface area (Å²) in [5.41, 5.74) is 7.30. The minimum atomic E-state index is 0.143. The van der Waals surface area contributed by atoms with Crippen LogP contribution in [-0.4, -0.2) is 15.3 Å². The van der Waals surface area contributed by atoms with E-state index in [0.29, 0.717) is 18.5 Å². The van der Waals surface area contributed by atoms with Crippen LogP contribution in [0.15, 0.2) is 36.7 Å². The van der Waals surface area contributed by atoms with Gasteiger partial charge in [0.15, 0.2) is 0 Å². The standard InChI is InChI=1S/C13H15N3O/c1-16-6-5-15-13(16)9-12(17)8-10-3-2-4-11(14)7-10/h2-7H,8-9,14H2,1H3. The third kappa shape index (κ3) is 2.93. The molecule has 4 nitrogen and oxygen atoms in total. The average molecular weight is 229 g/mol. The number of hydrogen-bond donors (Lipinski definition) is 1. The fraction of sp³-hybridized carbons (Fsp3) is 0.231. The summed E-state index contributed by atoms with van der Waals surface area (Å²) in [6, 6.07) is 7.41. The molecule has 17 heavy (non-hydrogen) atoms. The topological polar surface area (TPSA) is 60.9 Å². The summed E-state index contributed by atoms with van der Waals surface area (Å²) < 4.78 is 1.86. The summed E-state index contributed by atoms with van der Waals surface area (Å²) in [6.07, 6.45) is 4.29. The van der Waals surface area contributed by atoms with Crippen molar-refractivity contribution in [2.45, 2.75) is 12.8 Å². The van der Waals surface area contributed by atoms with Gasteiger partial charge in [-0.25, -0.2) is 4.98 Å². The Kier molecular flexibility index (Phi) is 3.23. The number of anilines is 1. The number of Topliss-reactive ketones (excluding diaryl/α,β-unsaturated/α-hetero) is 1. The molecule has 88 valence electrons. The van der Waals surface area contributed by atoms with E-state index in [1.807, 2.05) is 42.1 Å². The summed E-state index contributed by atoms with van der Waals surface area (Å²) in [5.74, 6) is 0.934. The van der Waals surface area contributed by atoms with Gasteiger partial charge < -0.3 is 10.3 Å². The summed E-state index contributed by atoms with van der Waals surface area (Å²) in [6.45, 7) is 0. The maximum atomic E-state index is 11.8. The van der Waals surface area contributed by atoms with Gasteiger partial charge in [-0.3, -0.25) is 4.79 Å². The number of aryl methyl sites for hydroxylation is 1. The van der Waals surface area contributed by atoms with Crippen LogP contribution in [0.1, 0.15) is 11.4 Å². The van der Waals surface area contributed by atoms with Gasteiger partial charge in [-0.15, -0.1) is 0 Å². The summed E-state index contributed by atoms with van der Waals surface area (Å²) >= 11 is 0. The Bertz CT molecular complexity index is 531. The quantitative estimate of drug-likeness (QED) is 0.805. The number of aromatic nitrogens is 2. The number of carbonyl (C=O) groups is 1. The molecule has 0 aliphatic heterocycles. The number of rotatable bonds is 4. The molecule has 0 spiro atoms. The summed E-state index contributed by atoms with van der Waals surface area (Å²) in [5, 5.41) is 0. The minimum Gasteiger partial charge on any atom is -0.399 e. The Morgan fingerprint density at radius 1 is 1.41 bits per heavy atom. The lowest BCUT2D eigenvalue weighted by Crippen LogP contribution is -2.10. The maximum absolute atomic E-state index is 11.8. The zero-order valence-corrected chi connectivity index (χ0v) is 9.76. The average Bonchev–Trinajstić information content (AvgIpc) is 2.64. The molecular weight excluding hydrogens is 214 g/mol. The van der Waals surface area contributed by atoms with Crippen LogP contribution in [0.2, 0.25) is 0 Å². The molecule has 0 aliphatic carbocycles. The Morgan fingerprint density at radius 2 is 2.24 bits per heavy atom. The van der Waals surface area contributed by atoms with E-state index in [1.165, 1.54) is 0 Å². The number of imidazole rings is 1. The molecule has 1 aromatic heterocycles. The van der Waals surface area contributed by atoms with Crippen LogP contribution < -0.4 is 5.73 Å². The van der Waals surface area contributed by atoms with Gasteiger partial charge in [0.2, 0.25) is 0 Å². The Morgan fingerprint density at radius 3 is 2.88 bits per heavy atom. The highest BCUT2D eigenvalue weighted by Crippen LogP contribution is 2.08. The van der Waals surface area contributed by atoms with Crippen molar-refractivity contribution in [3.63, 3.8) is 0 Å². The molecule has 4 heteroatoms. The zero-order chi connectivity index (χ0) is 12.3. The molecule has 0 saturated carbocycles. The van der Waals surface area contributed by atoms with Gasteiger partial charge in [-0.05, 0) is 17.7 Å². The first-order chi connectivity index (χ1) is 8.15. The second-order valence-corrected chi connectivity index (χ2v) is 4.09. The Hall–Kier alpha value is -2.10. The second-order valence-electron chi connectivity index (χ2n) is 4.09. The summed E-state index contributed by atoms with van der Waals surface area (Å²) in [4.78, 5) is 16.0. The van der Waals surface area contributed by atoms with Crippen LogP contribution in [0.25, 0.3) is 0 Å². The van der Waals surface area contributed by atoms with Crippen molar-refractivity contribution in [3.8, 4) is 0 Å². The van der Waals surface area contributed by atoms with E-state index in [2.05, 4.69) is 4.98 Å². The summed E-state index contributed by atoms with van der Waals surface area (Å²) in [7, 11) is 1.89. The van der Waals surface area contributed by atoms with E-state index in [-0.39, 0.29) is 5.78 Å². The highest BCUT2D eigenvalue weighted by molar-refractivity contribution is 5.82. The highest BCUT2D eigenvalue weighted by Gasteiger charge is 2.08. The van der Waals surface area contributed by atoms with Gasteiger partial charge in [0, 0.05) is 31.5 Å². The molecule has 0 aliphatic rings. The molecule has 2 N–H and O–H groups in total. The lowest BCUT2D eigenvalue weighted by atomic mass is 10.1. The van der Waals surface area contributed by atoms with Crippen LogP contribution in [0, 0.1) is 0 Å². The van der Waals surface area contributed by atoms with Gasteiger partial charge >= 0.3 is 0 Å². The Balaban J connectivity index is 2.01. The maximum Gasteiger partial charge on any atom is 0.144 e. The van der Waals surface area contributed by atoms with Gasteiger partial charge in [-0.1, -0.05) is 12.1 Å². The van der Waals surface area contributed by atoms with Gasteiger partial charge in [0.1, 0.15) is 11.6 Å². The number of nitrogens with two attached hydrogens (primary N) is 1. The van der Waals surface area contributed by atoms with E-state index in [4.69, 9.17) is 5.73 Å².